The second kappa shape index (κ2) is 8.43. The van der Waals surface area contributed by atoms with Crippen molar-refractivity contribution in [1.82, 2.24) is 4.90 Å². The Morgan fingerprint density at radius 1 is 0.897 bits per heavy atom. The fourth-order valence-electron chi connectivity index (χ4n) is 4.13. The maximum absolute atomic E-state index is 12.5. The number of amides is 3. The van der Waals surface area contributed by atoms with Gasteiger partial charge in [-0.15, -0.1) is 0 Å². The van der Waals surface area contributed by atoms with Crippen LogP contribution < -0.4 is 5.32 Å². The molecule has 0 radical (unpaired) electrons. The number of allylic oxidation sites excluding steroid dienone is 2. The van der Waals surface area contributed by atoms with E-state index in [-0.39, 0.29) is 42.5 Å². The molecule has 29 heavy (non-hydrogen) atoms. The van der Waals surface area contributed by atoms with E-state index in [0.29, 0.717) is 12.8 Å². The molecule has 0 aromatic heterocycles. The third kappa shape index (κ3) is 4.14. The zero-order valence-electron chi connectivity index (χ0n) is 16.2. The van der Waals surface area contributed by atoms with Crippen LogP contribution in [-0.2, 0) is 20.8 Å². The molecule has 0 spiro atoms. The number of rotatable bonds is 6. The lowest BCUT2D eigenvalue weighted by Crippen LogP contribution is -2.34. The van der Waals surface area contributed by atoms with E-state index in [0.717, 1.165) is 17.7 Å². The maximum Gasteiger partial charge on any atom is 0.233 e. The van der Waals surface area contributed by atoms with Gasteiger partial charge in [0.05, 0.1) is 11.8 Å². The van der Waals surface area contributed by atoms with Gasteiger partial charge in [-0.05, 0) is 36.5 Å². The fourth-order valence-corrected chi connectivity index (χ4v) is 4.13. The molecule has 5 nitrogen and oxygen atoms in total. The number of anilines is 1. The number of para-hydroxylation sites is 1. The van der Waals surface area contributed by atoms with E-state index in [2.05, 4.69) is 17.4 Å². The first-order chi connectivity index (χ1) is 14.1. The van der Waals surface area contributed by atoms with Gasteiger partial charge < -0.3 is 5.32 Å². The summed E-state index contributed by atoms with van der Waals surface area (Å²) in [4.78, 5) is 38.8. The standard InChI is InChI=1S/C24H24N2O3/c27-22(14-15-26-23(28)19-11-5-6-12-20(19)24(26)29)25-21-13-7-4-10-18(21)16-17-8-2-1-3-9-17/h1-10,13,19-20H,11-12,14-16H2,(H,25,27)/t19-,20+. The summed E-state index contributed by atoms with van der Waals surface area (Å²) in [7, 11) is 0. The molecule has 1 aliphatic carbocycles. The van der Waals surface area contributed by atoms with Crippen LogP contribution in [0.3, 0.4) is 0 Å². The van der Waals surface area contributed by atoms with Crippen molar-refractivity contribution in [3.8, 4) is 0 Å². The normalized spacial score (nSPS) is 20.6. The topological polar surface area (TPSA) is 66.5 Å². The smallest absolute Gasteiger partial charge is 0.233 e. The molecule has 1 aliphatic heterocycles. The number of nitrogens with zero attached hydrogens (tertiary/aromatic N) is 1. The summed E-state index contributed by atoms with van der Waals surface area (Å²) in [5.74, 6) is -0.966. The van der Waals surface area contributed by atoms with Crippen LogP contribution >= 0.6 is 0 Å². The van der Waals surface area contributed by atoms with Crippen molar-refractivity contribution < 1.29 is 14.4 Å². The molecule has 3 amide bonds. The Balaban J connectivity index is 1.37. The first-order valence-electron chi connectivity index (χ1n) is 10.1. The number of likely N-dealkylation sites (tertiary alicyclic amines) is 1. The van der Waals surface area contributed by atoms with Crippen LogP contribution in [-0.4, -0.2) is 29.2 Å². The van der Waals surface area contributed by atoms with Crippen LogP contribution in [0.15, 0.2) is 66.7 Å². The van der Waals surface area contributed by atoms with Gasteiger partial charge in [0.15, 0.2) is 0 Å². The van der Waals surface area contributed by atoms with Gasteiger partial charge in [0.25, 0.3) is 0 Å². The third-order valence-corrected chi connectivity index (χ3v) is 5.69. The van der Waals surface area contributed by atoms with Gasteiger partial charge >= 0.3 is 0 Å². The van der Waals surface area contributed by atoms with Crippen LogP contribution in [0.2, 0.25) is 0 Å². The Labute approximate surface area is 170 Å². The van der Waals surface area contributed by atoms with Crippen LogP contribution in [0, 0.1) is 11.8 Å². The first-order valence-corrected chi connectivity index (χ1v) is 10.1. The maximum atomic E-state index is 12.5. The number of carbonyl (C=O) groups excluding carboxylic acids is 3. The predicted octanol–water partition coefficient (Wildman–Crippen LogP) is 3.56. The molecule has 5 heteroatoms. The minimum atomic E-state index is -0.248. The summed E-state index contributed by atoms with van der Waals surface area (Å²) in [6.07, 6.45) is 5.98. The molecule has 1 fully saturated rings. The van der Waals surface area contributed by atoms with Gasteiger partial charge in [0.1, 0.15) is 0 Å². The van der Waals surface area contributed by atoms with Crippen molar-refractivity contribution in [2.45, 2.75) is 25.7 Å². The summed E-state index contributed by atoms with van der Waals surface area (Å²) in [6.45, 7) is 0.136. The van der Waals surface area contributed by atoms with Crippen molar-refractivity contribution in [3.63, 3.8) is 0 Å². The number of nitrogens with one attached hydrogen (secondary N) is 1. The number of imide groups is 1. The quantitative estimate of drug-likeness (QED) is 0.608. The summed E-state index contributed by atoms with van der Waals surface area (Å²) in [5.41, 5.74) is 2.95. The van der Waals surface area contributed by atoms with Gasteiger partial charge in [-0.3, -0.25) is 19.3 Å². The molecule has 0 bridgehead atoms. The number of fused-ring (bicyclic) bond motifs is 1. The van der Waals surface area contributed by atoms with E-state index in [9.17, 15) is 14.4 Å². The van der Waals surface area contributed by atoms with Gasteiger partial charge in [-0.25, -0.2) is 0 Å². The number of hydrogen-bond donors (Lipinski definition) is 1. The minimum Gasteiger partial charge on any atom is -0.326 e. The lowest BCUT2D eigenvalue weighted by molar-refractivity contribution is -0.140. The van der Waals surface area contributed by atoms with Crippen molar-refractivity contribution in [1.29, 1.82) is 0 Å². The SMILES string of the molecule is O=C(CCN1C(=O)[C@H]2CC=CC[C@H]2C1=O)Nc1ccccc1Cc1ccccc1. The van der Waals surface area contributed by atoms with E-state index >= 15 is 0 Å². The molecule has 4 rings (SSSR count). The second-order valence-corrected chi connectivity index (χ2v) is 7.60. The van der Waals surface area contributed by atoms with Crippen molar-refractivity contribution >= 4 is 23.4 Å². The lowest BCUT2D eigenvalue weighted by Gasteiger charge is -2.15. The molecule has 1 N–H and O–H groups in total. The average Bonchev–Trinajstić information content (AvgIpc) is 2.99. The highest BCUT2D eigenvalue weighted by Crippen LogP contribution is 2.35. The Morgan fingerprint density at radius 3 is 2.21 bits per heavy atom. The molecule has 0 unspecified atom stereocenters. The van der Waals surface area contributed by atoms with Crippen LogP contribution in [0.1, 0.15) is 30.4 Å². The molecule has 1 heterocycles. The monoisotopic (exact) mass is 388 g/mol. The summed E-state index contributed by atoms with van der Waals surface area (Å²) >= 11 is 0. The molecular formula is C24H24N2O3. The summed E-state index contributed by atoms with van der Waals surface area (Å²) in [5, 5.41) is 2.95. The zero-order chi connectivity index (χ0) is 20.2. The van der Waals surface area contributed by atoms with Crippen molar-refractivity contribution in [2.75, 3.05) is 11.9 Å². The second-order valence-electron chi connectivity index (χ2n) is 7.60. The lowest BCUT2D eigenvalue weighted by atomic mass is 9.85. The van der Waals surface area contributed by atoms with Gasteiger partial charge in [0, 0.05) is 18.7 Å². The molecule has 0 saturated carbocycles. The Bertz CT molecular complexity index is 926. The Kier molecular flexibility index (Phi) is 5.56. The largest absolute Gasteiger partial charge is 0.326 e. The average molecular weight is 388 g/mol. The molecule has 2 atom stereocenters. The molecule has 148 valence electrons. The van der Waals surface area contributed by atoms with E-state index in [1.165, 1.54) is 10.5 Å². The van der Waals surface area contributed by atoms with Crippen molar-refractivity contribution in [3.05, 3.63) is 77.9 Å². The highest BCUT2D eigenvalue weighted by atomic mass is 16.2. The van der Waals surface area contributed by atoms with Crippen LogP contribution in [0.25, 0.3) is 0 Å². The van der Waals surface area contributed by atoms with E-state index in [1.807, 2.05) is 54.6 Å². The highest BCUT2D eigenvalue weighted by Gasteiger charge is 2.46. The van der Waals surface area contributed by atoms with Crippen LogP contribution in [0.5, 0.6) is 0 Å². The van der Waals surface area contributed by atoms with E-state index in [4.69, 9.17) is 0 Å². The van der Waals surface area contributed by atoms with Gasteiger partial charge in [-0.1, -0.05) is 60.7 Å². The number of hydrogen-bond acceptors (Lipinski definition) is 3. The molecule has 2 aromatic rings. The molecule has 2 aromatic carbocycles. The molecule has 2 aliphatic rings. The Morgan fingerprint density at radius 2 is 1.52 bits per heavy atom. The zero-order valence-corrected chi connectivity index (χ0v) is 16.2. The Hall–Kier alpha value is -3.21. The van der Waals surface area contributed by atoms with E-state index in [1.54, 1.807) is 0 Å². The van der Waals surface area contributed by atoms with E-state index < -0.39 is 0 Å². The van der Waals surface area contributed by atoms with Crippen LogP contribution in [0.4, 0.5) is 5.69 Å². The molecule has 1 saturated heterocycles. The minimum absolute atomic E-state index is 0.101. The fraction of sp³-hybridized carbons (Fsp3) is 0.292. The predicted molar refractivity (Wildman–Crippen MR) is 111 cm³/mol. The van der Waals surface area contributed by atoms with Crippen molar-refractivity contribution in [2.24, 2.45) is 11.8 Å². The summed E-state index contributed by atoms with van der Waals surface area (Å²) < 4.78 is 0. The summed E-state index contributed by atoms with van der Waals surface area (Å²) in [6, 6.07) is 17.8. The van der Waals surface area contributed by atoms with Gasteiger partial charge in [-0.2, -0.15) is 0 Å². The first kappa shape index (κ1) is 19.1. The third-order valence-electron chi connectivity index (χ3n) is 5.69. The van der Waals surface area contributed by atoms with Gasteiger partial charge in [0.2, 0.25) is 17.7 Å². The highest BCUT2D eigenvalue weighted by molar-refractivity contribution is 6.05. The molecular weight excluding hydrogens is 364 g/mol. The number of carbonyl (C=O) groups is 3. The number of benzene rings is 2.